The van der Waals surface area contributed by atoms with Crippen molar-refractivity contribution < 1.29 is 13.9 Å². The molecule has 0 saturated carbocycles. The van der Waals surface area contributed by atoms with Gasteiger partial charge in [-0.2, -0.15) is 5.10 Å². The smallest absolute Gasteiger partial charge is 0.278 e. The van der Waals surface area contributed by atoms with E-state index in [2.05, 4.69) is 32.2 Å². The number of carbonyl (C=O) groups is 1. The van der Waals surface area contributed by atoms with Gasteiger partial charge in [-0.05, 0) is 37.1 Å². The highest BCUT2D eigenvalue weighted by Crippen LogP contribution is 2.26. The normalized spacial score (nSPS) is 11.1. The van der Waals surface area contributed by atoms with Gasteiger partial charge in [0.2, 0.25) is 0 Å². The summed E-state index contributed by atoms with van der Waals surface area (Å²) in [7, 11) is 3.70. The minimum atomic E-state index is -0.340. The van der Waals surface area contributed by atoms with E-state index in [4.69, 9.17) is 9.15 Å². The van der Waals surface area contributed by atoms with E-state index in [-0.39, 0.29) is 11.6 Å². The molecule has 0 saturated heterocycles. The minimum Gasteiger partial charge on any atom is -0.497 e. The highest BCUT2D eigenvalue weighted by molar-refractivity contribution is 6.06. The Morgan fingerprint density at radius 3 is 2.88 bits per heavy atom. The topological polar surface area (TPSA) is 87.1 Å². The van der Waals surface area contributed by atoms with Crippen molar-refractivity contribution in [2.24, 2.45) is 7.05 Å². The molecule has 0 aliphatic heterocycles. The van der Waals surface area contributed by atoms with Crippen molar-refractivity contribution in [3.63, 3.8) is 0 Å². The fourth-order valence-corrected chi connectivity index (χ4v) is 4.15. The quantitative estimate of drug-likeness (QED) is 0.379. The van der Waals surface area contributed by atoms with Crippen molar-refractivity contribution in [3.05, 3.63) is 84.3 Å². The molecule has 172 valence electrons. The number of rotatable bonds is 7. The number of hydrogen-bond donors (Lipinski definition) is 1. The fourth-order valence-electron chi connectivity index (χ4n) is 4.15. The summed E-state index contributed by atoms with van der Waals surface area (Å²) >= 11 is 0. The van der Waals surface area contributed by atoms with Crippen LogP contribution in [0.5, 0.6) is 5.75 Å². The van der Waals surface area contributed by atoms with Crippen LogP contribution < -0.4 is 10.1 Å². The molecular formula is C26H25N5O3. The second kappa shape index (κ2) is 8.90. The summed E-state index contributed by atoms with van der Waals surface area (Å²) in [4.78, 5) is 17.0. The van der Waals surface area contributed by atoms with Crippen LogP contribution in [0.3, 0.4) is 0 Å². The maximum atomic E-state index is 12.9. The summed E-state index contributed by atoms with van der Waals surface area (Å²) in [5.41, 5.74) is 5.08. The van der Waals surface area contributed by atoms with Gasteiger partial charge in [0.1, 0.15) is 5.75 Å². The minimum absolute atomic E-state index is 0.240. The first kappa shape index (κ1) is 21.5. The van der Waals surface area contributed by atoms with E-state index in [0.717, 1.165) is 28.8 Å². The van der Waals surface area contributed by atoms with E-state index in [1.54, 1.807) is 13.3 Å². The molecule has 1 amide bonds. The van der Waals surface area contributed by atoms with Crippen LogP contribution in [0.1, 0.15) is 21.6 Å². The standard InChI is InChI=1S/C26H25N5O3/c1-17-5-4-6-18(11-17)25-24(27-16-34-25)26(32)29-20-13-28-31(15-20)10-9-19-14-30(2)23-12-21(33-3)7-8-22(19)23/h4-8,11-16H,9-10H2,1-3H3,(H,29,32). The first-order chi connectivity index (χ1) is 16.5. The lowest BCUT2D eigenvalue weighted by molar-refractivity contribution is 0.102. The molecule has 8 nitrogen and oxygen atoms in total. The second-order valence-corrected chi connectivity index (χ2v) is 8.24. The lowest BCUT2D eigenvalue weighted by Gasteiger charge is -2.04. The maximum absolute atomic E-state index is 12.9. The van der Waals surface area contributed by atoms with Gasteiger partial charge in [0.05, 0.1) is 24.5 Å². The molecule has 0 radical (unpaired) electrons. The van der Waals surface area contributed by atoms with Crippen molar-refractivity contribution >= 4 is 22.5 Å². The monoisotopic (exact) mass is 455 g/mol. The number of oxazole rings is 1. The van der Waals surface area contributed by atoms with Crippen LogP contribution in [-0.4, -0.2) is 32.3 Å². The molecule has 0 unspecified atom stereocenters. The Morgan fingerprint density at radius 2 is 2.06 bits per heavy atom. The average molecular weight is 456 g/mol. The third kappa shape index (κ3) is 4.17. The highest BCUT2D eigenvalue weighted by atomic mass is 16.5. The van der Waals surface area contributed by atoms with Gasteiger partial charge in [0, 0.05) is 43.0 Å². The van der Waals surface area contributed by atoms with Crippen LogP contribution in [0.15, 0.2) is 71.9 Å². The molecule has 0 fully saturated rings. The largest absolute Gasteiger partial charge is 0.497 e. The van der Waals surface area contributed by atoms with Crippen molar-refractivity contribution in [1.82, 2.24) is 19.3 Å². The van der Waals surface area contributed by atoms with Crippen molar-refractivity contribution in [1.29, 1.82) is 0 Å². The molecular weight excluding hydrogens is 430 g/mol. The molecule has 0 atom stereocenters. The first-order valence-corrected chi connectivity index (χ1v) is 11.0. The van der Waals surface area contributed by atoms with Crippen molar-refractivity contribution in [3.8, 4) is 17.1 Å². The van der Waals surface area contributed by atoms with Crippen LogP contribution >= 0.6 is 0 Å². The molecule has 5 rings (SSSR count). The van der Waals surface area contributed by atoms with Crippen LogP contribution in [0.2, 0.25) is 0 Å². The zero-order valence-corrected chi connectivity index (χ0v) is 19.3. The zero-order valence-electron chi connectivity index (χ0n) is 19.3. The maximum Gasteiger partial charge on any atom is 0.278 e. The Balaban J connectivity index is 1.27. The Morgan fingerprint density at radius 1 is 1.18 bits per heavy atom. The van der Waals surface area contributed by atoms with Crippen molar-refractivity contribution in [2.75, 3.05) is 12.4 Å². The van der Waals surface area contributed by atoms with E-state index in [1.807, 2.05) is 61.2 Å². The highest BCUT2D eigenvalue weighted by Gasteiger charge is 2.19. The van der Waals surface area contributed by atoms with Crippen LogP contribution in [0, 0.1) is 6.92 Å². The van der Waals surface area contributed by atoms with E-state index in [0.29, 0.717) is 18.0 Å². The third-order valence-corrected chi connectivity index (χ3v) is 5.84. The first-order valence-electron chi connectivity index (χ1n) is 11.0. The van der Waals surface area contributed by atoms with E-state index < -0.39 is 0 Å². The number of nitrogens with one attached hydrogen (secondary N) is 1. The number of anilines is 1. The molecule has 5 aromatic rings. The summed E-state index contributed by atoms with van der Waals surface area (Å²) in [5, 5.41) is 8.47. The number of nitrogens with zero attached hydrogens (tertiary/aromatic N) is 4. The summed E-state index contributed by atoms with van der Waals surface area (Å²) in [6.45, 7) is 2.67. The molecule has 3 aromatic heterocycles. The third-order valence-electron chi connectivity index (χ3n) is 5.84. The molecule has 0 bridgehead atoms. The lowest BCUT2D eigenvalue weighted by Crippen LogP contribution is -2.13. The number of amides is 1. The molecule has 0 aliphatic carbocycles. The number of methoxy groups -OCH3 is 1. The van der Waals surface area contributed by atoms with Gasteiger partial charge < -0.3 is 19.0 Å². The molecule has 34 heavy (non-hydrogen) atoms. The van der Waals surface area contributed by atoms with Gasteiger partial charge in [-0.25, -0.2) is 4.98 Å². The number of benzene rings is 2. The van der Waals surface area contributed by atoms with Crippen molar-refractivity contribution in [2.45, 2.75) is 19.9 Å². The number of carbonyl (C=O) groups excluding carboxylic acids is 1. The summed E-state index contributed by atoms with van der Waals surface area (Å²) in [5.74, 6) is 0.944. The van der Waals surface area contributed by atoms with Gasteiger partial charge in [0.15, 0.2) is 17.8 Å². The van der Waals surface area contributed by atoms with E-state index >= 15 is 0 Å². The molecule has 0 spiro atoms. The van der Waals surface area contributed by atoms with Gasteiger partial charge in [-0.3, -0.25) is 9.48 Å². The molecule has 0 aliphatic rings. The molecule has 1 N–H and O–H groups in total. The number of fused-ring (bicyclic) bond motifs is 1. The zero-order chi connectivity index (χ0) is 23.7. The van der Waals surface area contributed by atoms with Gasteiger partial charge in [0.25, 0.3) is 5.91 Å². The fraction of sp³-hybridized carbons (Fsp3) is 0.192. The van der Waals surface area contributed by atoms with Gasteiger partial charge in [-0.15, -0.1) is 0 Å². The summed E-state index contributed by atoms with van der Waals surface area (Å²) in [6.07, 6.45) is 7.68. The number of ether oxygens (including phenoxy) is 1. The number of aromatic nitrogens is 4. The Labute approximate surface area is 196 Å². The predicted octanol–water partition coefficient (Wildman–Crippen LogP) is 4.84. The second-order valence-electron chi connectivity index (χ2n) is 8.24. The average Bonchev–Trinajstić information content (AvgIpc) is 3.57. The predicted molar refractivity (Wildman–Crippen MR) is 130 cm³/mol. The number of hydrogen-bond acceptors (Lipinski definition) is 5. The van der Waals surface area contributed by atoms with Gasteiger partial charge >= 0.3 is 0 Å². The van der Waals surface area contributed by atoms with Crippen LogP contribution in [0.4, 0.5) is 5.69 Å². The molecule has 2 aromatic carbocycles. The Hall–Kier alpha value is -4.33. The van der Waals surface area contributed by atoms with Crippen LogP contribution in [0.25, 0.3) is 22.2 Å². The number of aryl methyl sites for hydroxylation is 4. The Kier molecular flexibility index (Phi) is 5.63. The van der Waals surface area contributed by atoms with Crippen LogP contribution in [-0.2, 0) is 20.0 Å². The lowest BCUT2D eigenvalue weighted by atomic mass is 10.1. The summed E-state index contributed by atoms with van der Waals surface area (Å²) < 4.78 is 14.8. The molecule has 8 heteroatoms. The Bertz CT molecular complexity index is 1480. The van der Waals surface area contributed by atoms with E-state index in [1.165, 1.54) is 17.3 Å². The van der Waals surface area contributed by atoms with Gasteiger partial charge in [-0.1, -0.05) is 23.8 Å². The SMILES string of the molecule is COc1ccc2c(CCn3cc(NC(=O)c4ncoc4-c4cccc(C)c4)cn3)cn(C)c2c1. The summed E-state index contributed by atoms with van der Waals surface area (Å²) in [6, 6.07) is 13.9. The van der Waals surface area contributed by atoms with E-state index in [9.17, 15) is 4.79 Å². The molecule has 3 heterocycles.